The van der Waals surface area contributed by atoms with Crippen molar-refractivity contribution in [1.29, 1.82) is 0 Å². The predicted molar refractivity (Wildman–Crippen MR) is 77.8 cm³/mol. The van der Waals surface area contributed by atoms with Crippen LogP contribution in [0.5, 0.6) is 0 Å². The molecule has 1 unspecified atom stereocenters. The lowest BCUT2D eigenvalue weighted by Crippen LogP contribution is -2.20. The lowest BCUT2D eigenvalue weighted by molar-refractivity contribution is 0.517. The maximum Gasteiger partial charge on any atom is 0.138 e. The molecule has 0 aliphatic heterocycles. The number of nitrogens with zero attached hydrogens (tertiary/aromatic N) is 3. The van der Waals surface area contributed by atoms with Crippen molar-refractivity contribution in [3.8, 4) is 0 Å². The molecule has 18 heavy (non-hydrogen) atoms. The first-order valence-corrected chi connectivity index (χ1v) is 7.69. The van der Waals surface area contributed by atoms with Gasteiger partial charge in [0.1, 0.15) is 12.2 Å². The third-order valence-corrected chi connectivity index (χ3v) is 4.38. The summed E-state index contributed by atoms with van der Waals surface area (Å²) in [6.45, 7) is 3.08. The average molecular weight is 329 g/mol. The van der Waals surface area contributed by atoms with Crippen LogP contribution in [0.15, 0.2) is 21.6 Å². The van der Waals surface area contributed by atoms with Crippen molar-refractivity contribution in [2.24, 2.45) is 0 Å². The molecule has 0 fully saturated rings. The number of aryl methyl sites for hydroxylation is 1. The Balaban J connectivity index is 2.12. The number of rotatable bonds is 6. The van der Waals surface area contributed by atoms with E-state index in [0.717, 1.165) is 29.0 Å². The molecule has 2 rings (SSSR count). The van der Waals surface area contributed by atoms with Crippen molar-refractivity contribution in [3.05, 3.63) is 32.9 Å². The Bertz CT molecular complexity index is 494. The Morgan fingerprint density at radius 2 is 2.39 bits per heavy atom. The summed E-state index contributed by atoms with van der Waals surface area (Å²) in [5.41, 5.74) is 1.29. The van der Waals surface area contributed by atoms with Gasteiger partial charge >= 0.3 is 0 Å². The van der Waals surface area contributed by atoms with Gasteiger partial charge < -0.3 is 5.32 Å². The first kappa shape index (κ1) is 13.7. The average Bonchev–Trinajstić information content (AvgIpc) is 2.96. The molecule has 0 saturated heterocycles. The number of hydrogen-bond acceptors (Lipinski definition) is 4. The molecule has 0 radical (unpaired) electrons. The molecule has 0 aliphatic carbocycles. The van der Waals surface area contributed by atoms with Gasteiger partial charge in [-0.15, -0.1) is 11.3 Å². The largest absolute Gasteiger partial charge is 0.313 e. The SMILES string of the molecule is CCCn1ncnc1CC(NC)c1csc(Br)c1. The van der Waals surface area contributed by atoms with Gasteiger partial charge in [-0.1, -0.05) is 6.92 Å². The number of nitrogens with one attached hydrogen (secondary N) is 1. The normalized spacial score (nSPS) is 12.8. The second kappa shape index (κ2) is 6.45. The smallest absolute Gasteiger partial charge is 0.138 e. The summed E-state index contributed by atoms with van der Waals surface area (Å²) >= 11 is 5.21. The van der Waals surface area contributed by atoms with Gasteiger partial charge in [-0.3, -0.25) is 4.68 Å². The third kappa shape index (κ3) is 3.18. The molecule has 0 aromatic carbocycles. The van der Waals surface area contributed by atoms with E-state index in [2.05, 4.69) is 49.7 Å². The second-order valence-electron chi connectivity index (χ2n) is 4.13. The lowest BCUT2D eigenvalue weighted by atomic mass is 10.1. The van der Waals surface area contributed by atoms with Crippen LogP contribution in [0, 0.1) is 0 Å². The van der Waals surface area contributed by atoms with Gasteiger partial charge in [0, 0.05) is 19.0 Å². The zero-order chi connectivity index (χ0) is 13.0. The second-order valence-corrected chi connectivity index (χ2v) is 6.42. The predicted octanol–water partition coefficient (Wildman–Crippen LogP) is 3.02. The summed E-state index contributed by atoms with van der Waals surface area (Å²) in [6.07, 6.45) is 3.57. The molecular formula is C12H17BrN4S. The van der Waals surface area contributed by atoms with Crippen LogP contribution in [0.25, 0.3) is 0 Å². The Morgan fingerprint density at radius 1 is 1.56 bits per heavy atom. The fraction of sp³-hybridized carbons (Fsp3) is 0.500. The molecule has 0 bridgehead atoms. The Morgan fingerprint density at radius 3 is 3.00 bits per heavy atom. The minimum Gasteiger partial charge on any atom is -0.313 e. The van der Waals surface area contributed by atoms with Crippen LogP contribution >= 0.6 is 27.3 Å². The van der Waals surface area contributed by atoms with Crippen LogP contribution in [0.4, 0.5) is 0 Å². The molecule has 0 saturated carbocycles. The molecule has 0 spiro atoms. The highest BCUT2D eigenvalue weighted by Crippen LogP contribution is 2.26. The summed E-state index contributed by atoms with van der Waals surface area (Å²) < 4.78 is 3.15. The lowest BCUT2D eigenvalue weighted by Gasteiger charge is -2.14. The molecule has 2 heterocycles. The van der Waals surface area contributed by atoms with Crippen LogP contribution in [0.2, 0.25) is 0 Å². The highest BCUT2D eigenvalue weighted by Gasteiger charge is 2.15. The number of hydrogen-bond donors (Lipinski definition) is 1. The Hall–Kier alpha value is -0.720. The van der Waals surface area contributed by atoms with Gasteiger partial charge in [-0.25, -0.2) is 4.98 Å². The maximum atomic E-state index is 4.36. The molecule has 6 heteroatoms. The summed E-state index contributed by atoms with van der Waals surface area (Å²) in [5, 5.41) is 9.78. The van der Waals surface area contributed by atoms with Crippen LogP contribution in [0.1, 0.15) is 30.8 Å². The quantitative estimate of drug-likeness (QED) is 0.886. The van der Waals surface area contributed by atoms with E-state index in [1.807, 2.05) is 11.7 Å². The minimum atomic E-state index is 0.285. The van der Waals surface area contributed by atoms with Crippen molar-refractivity contribution in [2.45, 2.75) is 32.4 Å². The highest BCUT2D eigenvalue weighted by molar-refractivity contribution is 9.11. The third-order valence-electron chi connectivity index (χ3n) is 2.86. The van der Waals surface area contributed by atoms with E-state index >= 15 is 0 Å². The molecule has 4 nitrogen and oxygen atoms in total. The highest BCUT2D eigenvalue weighted by atomic mass is 79.9. The van der Waals surface area contributed by atoms with Crippen LogP contribution < -0.4 is 5.32 Å². The summed E-state index contributed by atoms with van der Waals surface area (Å²) in [7, 11) is 1.98. The van der Waals surface area contributed by atoms with E-state index in [0.29, 0.717) is 0 Å². The molecule has 1 N–H and O–H groups in total. The summed E-state index contributed by atoms with van der Waals surface area (Å²) in [6, 6.07) is 2.44. The molecule has 98 valence electrons. The first-order valence-electron chi connectivity index (χ1n) is 6.02. The monoisotopic (exact) mass is 328 g/mol. The van der Waals surface area contributed by atoms with Gasteiger partial charge in [0.15, 0.2) is 0 Å². The standard InChI is InChI=1S/C12H17BrN4S/c1-3-4-17-12(15-8-16-17)6-10(14-2)9-5-11(13)18-7-9/h5,7-8,10,14H,3-4,6H2,1-2H3. The van der Waals surface area contributed by atoms with Crippen LogP contribution in [-0.4, -0.2) is 21.8 Å². The summed E-state index contributed by atoms with van der Waals surface area (Å²) in [4.78, 5) is 4.36. The molecule has 2 aromatic heterocycles. The summed E-state index contributed by atoms with van der Waals surface area (Å²) in [5.74, 6) is 1.04. The van der Waals surface area contributed by atoms with E-state index < -0.39 is 0 Å². The van der Waals surface area contributed by atoms with Crippen LogP contribution in [0.3, 0.4) is 0 Å². The van der Waals surface area contributed by atoms with Gasteiger partial charge in [0.2, 0.25) is 0 Å². The fourth-order valence-corrected chi connectivity index (χ4v) is 3.15. The zero-order valence-corrected chi connectivity index (χ0v) is 13.0. The van der Waals surface area contributed by atoms with Gasteiger partial charge in [-0.05, 0) is 46.4 Å². The van der Waals surface area contributed by atoms with Gasteiger partial charge in [0.25, 0.3) is 0 Å². The van der Waals surface area contributed by atoms with E-state index in [9.17, 15) is 0 Å². The molecule has 0 amide bonds. The maximum absolute atomic E-state index is 4.36. The zero-order valence-electron chi connectivity index (χ0n) is 10.6. The number of thiophene rings is 1. The van der Waals surface area contributed by atoms with E-state index in [-0.39, 0.29) is 6.04 Å². The first-order chi connectivity index (χ1) is 8.74. The van der Waals surface area contributed by atoms with Crippen molar-refractivity contribution in [2.75, 3.05) is 7.05 Å². The minimum absolute atomic E-state index is 0.285. The molecule has 0 aliphatic rings. The molecular weight excluding hydrogens is 312 g/mol. The van der Waals surface area contributed by atoms with Gasteiger partial charge in [0.05, 0.1) is 3.79 Å². The van der Waals surface area contributed by atoms with Crippen molar-refractivity contribution < 1.29 is 0 Å². The van der Waals surface area contributed by atoms with Gasteiger partial charge in [-0.2, -0.15) is 5.10 Å². The number of likely N-dealkylation sites (N-methyl/N-ethyl adjacent to an activating group) is 1. The van der Waals surface area contributed by atoms with E-state index in [1.165, 1.54) is 5.56 Å². The van der Waals surface area contributed by atoms with Crippen molar-refractivity contribution in [3.63, 3.8) is 0 Å². The molecule has 2 aromatic rings. The topological polar surface area (TPSA) is 42.7 Å². The number of aromatic nitrogens is 3. The Labute approximate surface area is 120 Å². The Kier molecular flexibility index (Phi) is 4.91. The van der Waals surface area contributed by atoms with E-state index in [4.69, 9.17) is 0 Å². The van der Waals surface area contributed by atoms with Crippen LogP contribution in [-0.2, 0) is 13.0 Å². The number of halogens is 1. The van der Waals surface area contributed by atoms with Crippen molar-refractivity contribution >= 4 is 27.3 Å². The molecule has 1 atom stereocenters. The van der Waals surface area contributed by atoms with E-state index in [1.54, 1.807) is 17.7 Å². The van der Waals surface area contributed by atoms with Crippen molar-refractivity contribution in [1.82, 2.24) is 20.1 Å². The fourth-order valence-electron chi connectivity index (χ4n) is 1.92.